The van der Waals surface area contributed by atoms with E-state index in [1.165, 1.54) is 16.7 Å². The molecule has 0 amide bonds. The Labute approximate surface area is 71.3 Å². The van der Waals surface area contributed by atoms with E-state index in [0.717, 1.165) is 0 Å². The second-order valence-electron chi connectivity index (χ2n) is 1.69. The summed E-state index contributed by atoms with van der Waals surface area (Å²) in [5.74, 6) is -0.992. The quantitative estimate of drug-likeness (QED) is 0.519. The first-order valence-corrected chi connectivity index (χ1v) is 3.71. The lowest BCUT2D eigenvalue weighted by atomic mass is 10.8. The molecule has 1 aromatic rings. The molecule has 1 aromatic heterocycles. The highest BCUT2D eigenvalue weighted by Gasteiger charge is 1.97. The molecule has 0 aliphatic carbocycles. The Morgan fingerprint density at radius 1 is 1.92 bits per heavy atom. The second kappa shape index (κ2) is 3.67. The number of carboxylic acid groups (broad SMARTS) is 1. The maximum Gasteiger partial charge on any atom is 0.350 e. The summed E-state index contributed by atoms with van der Waals surface area (Å²) in [5, 5.41) is 13.1. The number of nitrogen functional groups attached to an aromatic ring is 1. The van der Waals surface area contributed by atoms with Crippen molar-refractivity contribution in [3.8, 4) is 5.88 Å². The van der Waals surface area contributed by atoms with Gasteiger partial charge in [0.15, 0.2) is 11.3 Å². The minimum Gasteiger partial charge on any atom is -0.477 e. The molecule has 0 saturated carbocycles. The van der Waals surface area contributed by atoms with Gasteiger partial charge in [0.1, 0.15) is 0 Å². The highest BCUT2D eigenvalue weighted by molar-refractivity contribution is 7.13. The van der Waals surface area contributed by atoms with Crippen LogP contribution in [0.5, 0.6) is 5.88 Å². The first-order chi connectivity index (χ1) is 5.68. The molecule has 0 atom stereocenters. The fraction of sp³-hybridized carbons (Fsp3) is 0. The lowest BCUT2D eigenvalue weighted by Gasteiger charge is -1.87. The first kappa shape index (κ1) is 8.47. The molecular weight excluding hydrogens is 182 g/mol. The van der Waals surface area contributed by atoms with Crippen LogP contribution in [0.2, 0.25) is 0 Å². The molecule has 1 heterocycles. The number of thiazole rings is 1. The molecule has 0 unspecified atom stereocenters. The monoisotopic (exact) mass is 187 g/mol. The van der Waals surface area contributed by atoms with Gasteiger partial charge in [-0.25, -0.2) is 4.79 Å². The summed E-state index contributed by atoms with van der Waals surface area (Å²) in [6, 6.07) is 0. The number of hydrogen-bond acceptors (Lipinski definition) is 6. The Balaban J connectivity index is 2.48. The van der Waals surface area contributed by atoms with Crippen LogP contribution in [-0.4, -0.2) is 22.3 Å². The summed E-state index contributed by atoms with van der Waals surface area (Å²) in [7, 11) is 0. The van der Waals surface area contributed by atoms with E-state index >= 15 is 0 Å². The molecule has 3 N–H and O–H groups in total. The molecular formula is C5H5N3O3S. The number of carboxylic acids is 1. The van der Waals surface area contributed by atoms with Crippen molar-refractivity contribution < 1.29 is 14.7 Å². The van der Waals surface area contributed by atoms with E-state index in [1.54, 1.807) is 0 Å². The average molecular weight is 187 g/mol. The van der Waals surface area contributed by atoms with E-state index in [4.69, 9.17) is 10.8 Å². The molecule has 0 radical (unpaired) electrons. The molecule has 64 valence electrons. The lowest BCUT2D eigenvalue weighted by molar-refractivity contribution is -0.128. The second-order valence-corrected chi connectivity index (χ2v) is 2.58. The van der Waals surface area contributed by atoms with E-state index in [2.05, 4.69) is 15.0 Å². The number of aliphatic carboxylic acids is 1. The van der Waals surface area contributed by atoms with Crippen molar-refractivity contribution in [2.45, 2.75) is 0 Å². The molecule has 0 fully saturated rings. The van der Waals surface area contributed by atoms with Crippen molar-refractivity contribution in [2.75, 3.05) is 5.73 Å². The van der Waals surface area contributed by atoms with Crippen LogP contribution in [0.25, 0.3) is 0 Å². The SMILES string of the molecule is Nc1nc(O/N=C/C(=O)O)cs1. The van der Waals surface area contributed by atoms with Crippen molar-refractivity contribution in [1.29, 1.82) is 0 Å². The third-order valence-corrected chi connectivity index (χ3v) is 1.46. The first-order valence-electron chi connectivity index (χ1n) is 2.83. The van der Waals surface area contributed by atoms with Gasteiger partial charge >= 0.3 is 5.97 Å². The van der Waals surface area contributed by atoms with Gasteiger partial charge in [-0.3, -0.25) is 0 Å². The smallest absolute Gasteiger partial charge is 0.350 e. The van der Waals surface area contributed by atoms with E-state index in [-0.39, 0.29) is 5.88 Å². The highest BCUT2D eigenvalue weighted by Crippen LogP contribution is 2.17. The molecule has 1 rings (SSSR count). The Kier molecular flexibility index (Phi) is 2.59. The predicted octanol–water partition coefficient (Wildman–Crippen LogP) is 0.175. The van der Waals surface area contributed by atoms with Crippen LogP contribution in [0.1, 0.15) is 0 Å². The molecule has 7 heteroatoms. The topological polar surface area (TPSA) is 97.8 Å². The van der Waals surface area contributed by atoms with Crippen LogP contribution in [0.3, 0.4) is 0 Å². The fourth-order valence-corrected chi connectivity index (χ4v) is 0.899. The third-order valence-electron chi connectivity index (χ3n) is 0.810. The summed E-state index contributed by atoms with van der Waals surface area (Å²) >= 11 is 1.18. The minimum atomic E-state index is -1.18. The molecule has 0 bridgehead atoms. The third kappa shape index (κ3) is 2.54. The number of nitrogens with zero attached hydrogens (tertiary/aromatic N) is 2. The van der Waals surface area contributed by atoms with Gasteiger partial charge in [0.2, 0.25) is 0 Å². The molecule has 0 aromatic carbocycles. The largest absolute Gasteiger partial charge is 0.477 e. The molecule has 12 heavy (non-hydrogen) atoms. The number of rotatable bonds is 3. The number of anilines is 1. The van der Waals surface area contributed by atoms with Crippen LogP contribution >= 0.6 is 11.3 Å². The summed E-state index contributed by atoms with van der Waals surface area (Å²) in [6.45, 7) is 0. The Hall–Kier alpha value is -1.63. The minimum absolute atomic E-state index is 0.190. The lowest BCUT2D eigenvalue weighted by Crippen LogP contribution is -1.97. The normalized spacial score (nSPS) is 10.3. The Morgan fingerprint density at radius 2 is 2.67 bits per heavy atom. The van der Waals surface area contributed by atoms with Gasteiger partial charge in [-0.1, -0.05) is 5.16 Å². The summed E-state index contributed by atoms with van der Waals surface area (Å²) in [4.78, 5) is 18.1. The number of oxime groups is 1. The number of carbonyl (C=O) groups is 1. The standard InChI is InChI=1S/C5H5N3O3S/c6-5-8-3(2-12-5)11-7-1-4(9)10/h1-2H,(H2,6,8)(H,9,10)/b7-1+. The molecule has 6 nitrogen and oxygen atoms in total. The van der Waals surface area contributed by atoms with E-state index < -0.39 is 5.97 Å². The maximum atomic E-state index is 9.92. The Bertz CT molecular complexity index is 309. The van der Waals surface area contributed by atoms with Crippen LogP contribution in [0.4, 0.5) is 5.13 Å². The van der Waals surface area contributed by atoms with Gasteiger partial charge in [0.25, 0.3) is 5.88 Å². The zero-order chi connectivity index (χ0) is 8.97. The molecule has 0 aliphatic rings. The number of nitrogens with two attached hydrogens (primary N) is 1. The Morgan fingerprint density at radius 3 is 3.17 bits per heavy atom. The van der Waals surface area contributed by atoms with Crippen LogP contribution in [0, 0.1) is 0 Å². The zero-order valence-electron chi connectivity index (χ0n) is 5.80. The van der Waals surface area contributed by atoms with Crippen molar-refractivity contribution in [3.05, 3.63) is 5.38 Å². The van der Waals surface area contributed by atoms with Crippen molar-refractivity contribution in [3.63, 3.8) is 0 Å². The van der Waals surface area contributed by atoms with Crippen LogP contribution < -0.4 is 10.6 Å². The van der Waals surface area contributed by atoms with Gasteiger partial charge in [0, 0.05) is 0 Å². The number of hydrogen-bond donors (Lipinski definition) is 2. The van der Waals surface area contributed by atoms with E-state index in [0.29, 0.717) is 11.3 Å². The van der Waals surface area contributed by atoms with Crippen molar-refractivity contribution >= 4 is 28.7 Å². The summed E-state index contributed by atoms with van der Waals surface area (Å²) in [5.41, 5.74) is 5.27. The van der Waals surface area contributed by atoms with Crippen molar-refractivity contribution in [2.24, 2.45) is 5.16 Å². The van der Waals surface area contributed by atoms with Gasteiger partial charge in [0.05, 0.1) is 5.38 Å². The van der Waals surface area contributed by atoms with Crippen LogP contribution in [-0.2, 0) is 4.79 Å². The zero-order valence-corrected chi connectivity index (χ0v) is 6.61. The van der Waals surface area contributed by atoms with E-state index in [1.807, 2.05) is 0 Å². The highest BCUT2D eigenvalue weighted by atomic mass is 32.1. The van der Waals surface area contributed by atoms with Crippen molar-refractivity contribution in [1.82, 2.24) is 4.98 Å². The van der Waals surface area contributed by atoms with Gasteiger partial charge in [-0.2, -0.15) is 4.98 Å². The van der Waals surface area contributed by atoms with Gasteiger partial charge < -0.3 is 15.7 Å². The average Bonchev–Trinajstić information content (AvgIpc) is 2.35. The molecule has 0 saturated heterocycles. The van der Waals surface area contributed by atoms with E-state index in [9.17, 15) is 4.79 Å². The number of aromatic nitrogens is 1. The summed E-state index contributed by atoms with van der Waals surface area (Å²) in [6.07, 6.45) is 0.621. The predicted molar refractivity (Wildman–Crippen MR) is 43.3 cm³/mol. The molecule has 0 spiro atoms. The van der Waals surface area contributed by atoms with Gasteiger partial charge in [-0.15, -0.1) is 11.3 Å². The summed E-state index contributed by atoms with van der Waals surface area (Å²) < 4.78 is 0. The molecule has 0 aliphatic heterocycles. The van der Waals surface area contributed by atoms with Gasteiger partial charge in [-0.05, 0) is 0 Å². The maximum absolute atomic E-state index is 9.92. The fourth-order valence-electron chi connectivity index (χ4n) is 0.439. The van der Waals surface area contributed by atoms with Crippen LogP contribution in [0.15, 0.2) is 10.5 Å².